The molecule has 1 fully saturated rings. The summed E-state index contributed by atoms with van der Waals surface area (Å²) in [6.07, 6.45) is 3.00. The Hall–Kier alpha value is -1.84. The third kappa shape index (κ3) is 3.38. The molecule has 1 aromatic carbocycles. The number of likely N-dealkylation sites (tertiary alicyclic amines) is 1. The third-order valence-corrected chi connectivity index (χ3v) is 3.85. The van der Waals surface area contributed by atoms with Gasteiger partial charge in [-0.1, -0.05) is 13.8 Å². The van der Waals surface area contributed by atoms with Crippen LogP contribution in [0.15, 0.2) is 24.3 Å². The van der Waals surface area contributed by atoms with Gasteiger partial charge in [0, 0.05) is 30.3 Å². The minimum absolute atomic E-state index is 0.000841. The van der Waals surface area contributed by atoms with E-state index in [1.54, 1.807) is 24.3 Å². The van der Waals surface area contributed by atoms with Crippen molar-refractivity contribution in [3.63, 3.8) is 0 Å². The topological polar surface area (TPSA) is 49.4 Å². The van der Waals surface area contributed by atoms with Gasteiger partial charge < -0.3 is 10.2 Å². The number of carbonyl (C=O) groups is 2. The molecule has 0 aromatic heterocycles. The van der Waals surface area contributed by atoms with Crippen molar-refractivity contribution >= 4 is 17.5 Å². The van der Waals surface area contributed by atoms with E-state index in [0.717, 1.165) is 38.0 Å². The minimum Gasteiger partial charge on any atom is -0.339 e. The number of nitrogens with zero attached hydrogens (tertiary/aromatic N) is 1. The van der Waals surface area contributed by atoms with Crippen LogP contribution in [0.4, 0.5) is 5.69 Å². The first-order chi connectivity index (χ1) is 9.61. The number of hydrogen-bond donors (Lipinski definition) is 1. The Morgan fingerprint density at radius 1 is 1.20 bits per heavy atom. The minimum atomic E-state index is 0.000841. The fourth-order valence-corrected chi connectivity index (χ4v) is 2.25. The molecular weight excluding hydrogens is 252 g/mol. The molecule has 0 unspecified atom stereocenters. The maximum atomic E-state index is 12.2. The second-order valence-corrected chi connectivity index (χ2v) is 5.38. The number of rotatable bonds is 4. The largest absolute Gasteiger partial charge is 0.339 e. The molecule has 1 aliphatic heterocycles. The number of nitrogens with one attached hydrogen (secondary N) is 1. The van der Waals surface area contributed by atoms with Crippen molar-refractivity contribution in [1.29, 1.82) is 0 Å². The van der Waals surface area contributed by atoms with Crippen molar-refractivity contribution in [2.75, 3.05) is 18.4 Å². The van der Waals surface area contributed by atoms with Gasteiger partial charge in [-0.15, -0.1) is 0 Å². The van der Waals surface area contributed by atoms with Gasteiger partial charge in [0.15, 0.2) is 0 Å². The lowest BCUT2D eigenvalue weighted by atomic mass is 10.1. The van der Waals surface area contributed by atoms with Crippen molar-refractivity contribution in [2.24, 2.45) is 5.92 Å². The van der Waals surface area contributed by atoms with E-state index in [0.29, 0.717) is 5.56 Å². The van der Waals surface area contributed by atoms with Gasteiger partial charge in [0.05, 0.1) is 0 Å². The predicted molar refractivity (Wildman–Crippen MR) is 79.7 cm³/mol. The zero-order chi connectivity index (χ0) is 14.5. The molecule has 2 rings (SSSR count). The lowest BCUT2D eigenvalue weighted by Gasteiger charge is -2.15. The van der Waals surface area contributed by atoms with Crippen molar-refractivity contribution in [2.45, 2.75) is 33.1 Å². The number of anilines is 1. The highest BCUT2D eigenvalue weighted by atomic mass is 16.2. The van der Waals surface area contributed by atoms with Gasteiger partial charge in [-0.25, -0.2) is 0 Å². The molecule has 0 bridgehead atoms. The van der Waals surface area contributed by atoms with Gasteiger partial charge in [-0.3, -0.25) is 9.59 Å². The van der Waals surface area contributed by atoms with Crippen molar-refractivity contribution in [3.8, 4) is 0 Å². The normalized spacial score (nSPS) is 16.0. The van der Waals surface area contributed by atoms with Crippen LogP contribution in [0.5, 0.6) is 0 Å². The lowest BCUT2D eigenvalue weighted by Crippen LogP contribution is -2.27. The molecular formula is C16H22N2O2. The van der Waals surface area contributed by atoms with Gasteiger partial charge in [-0.05, 0) is 43.5 Å². The van der Waals surface area contributed by atoms with Gasteiger partial charge >= 0.3 is 0 Å². The molecule has 1 saturated heterocycles. The zero-order valence-electron chi connectivity index (χ0n) is 12.2. The highest BCUT2D eigenvalue weighted by Crippen LogP contribution is 2.16. The van der Waals surface area contributed by atoms with E-state index in [1.165, 1.54) is 0 Å². The monoisotopic (exact) mass is 274 g/mol. The molecule has 4 nitrogen and oxygen atoms in total. The Kier molecular flexibility index (Phi) is 4.77. The average molecular weight is 274 g/mol. The lowest BCUT2D eigenvalue weighted by molar-refractivity contribution is -0.119. The van der Waals surface area contributed by atoms with Crippen LogP contribution in [0.25, 0.3) is 0 Å². The first-order valence-corrected chi connectivity index (χ1v) is 7.32. The Morgan fingerprint density at radius 3 is 2.35 bits per heavy atom. The van der Waals surface area contributed by atoms with Crippen LogP contribution in [0.1, 0.15) is 43.5 Å². The van der Waals surface area contributed by atoms with E-state index in [-0.39, 0.29) is 17.7 Å². The van der Waals surface area contributed by atoms with Crippen LogP contribution >= 0.6 is 0 Å². The van der Waals surface area contributed by atoms with Gasteiger partial charge in [0.2, 0.25) is 5.91 Å². The molecule has 4 heteroatoms. The van der Waals surface area contributed by atoms with Crippen LogP contribution in [-0.2, 0) is 4.79 Å². The van der Waals surface area contributed by atoms with Crippen LogP contribution in [0.3, 0.4) is 0 Å². The van der Waals surface area contributed by atoms with Crippen molar-refractivity contribution in [3.05, 3.63) is 29.8 Å². The van der Waals surface area contributed by atoms with Crippen molar-refractivity contribution in [1.82, 2.24) is 4.90 Å². The number of benzene rings is 1. The smallest absolute Gasteiger partial charge is 0.253 e. The fraction of sp³-hybridized carbons (Fsp3) is 0.500. The van der Waals surface area contributed by atoms with Gasteiger partial charge in [0.1, 0.15) is 0 Å². The van der Waals surface area contributed by atoms with Crippen LogP contribution in [0, 0.1) is 5.92 Å². The maximum absolute atomic E-state index is 12.2. The second kappa shape index (κ2) is 6.55. The number of carbonyl (C=O) groups excluding carboxylic acids is 2. The molecule has 0 saturated carbocycles. The van der Waals surface area contributed by atoms with E-state index in [9.17, 15) is 9.59 Å². The van der Waals surface area contributed by atoms with Gasteiger partial charge in [-0.2, -0.15) is 0 Å². The Morgan fingerprint density at radius 2 is 1.80 bits per heavy atom. The molecule has 20 heavy (non-hydrogen) atoms. The van der Waals surface area contributed by atoms with E-state index in [2.05, 4.69) is 5.32 Å². The molecule has 2 amide bonds. The Bertz CT molecular complexity index is 476. The molecule has 1 N–H and O–H groups in total. The summed E-state index contributed by atoms with van der Waals surface area (Å²) in [6.45, 7) is 5.60. The molecule has 1 atom stereocenters. The number of amides is 2. The standard InChI is InChI=1S/C16H22N2O2/c1-3-12(2)15(19)17-14-8-6-13(7-9-14)16(20)18-10-4-5-11-18/h6-9,12H,3-5,10-11H2,1-2H3,(H,17,19)/t12-/m1/s1. The maximum Gasteiger partial charge on any atom is 0.253 e. The molecule has 1 aliphatic rings. The first kappa shape index (κ1) is 14.6. The van der Waals surface area contributed by atoms with Gasteiger partial charge in [0.25, 0.3) is 5.91 Å². The van der Waals surface area contributed by atoms with Crippen molar-refractivity contribution < 1.29 is 9.59 Å². The summed E-state index contributed by atoms with van der Waals surface area (Å²) in [4.78, 5) is 25.8. The number of hydrogen-bond acceptors (Lipinski definition) is 2. The summed E-state index contributed by atoms with van der Waals surface area (Å²) in [6, 6.07) is 7.16. The summed E-state index contributed by atoms with van der Waals surface area (Å²) in [5.74, 6) is 0.106. The zero-order valence-corrected chi connectivity index (χ0v) is 12.2. The summed E-state index contributed by atoms with van der Waals surface area (Å²) in [5, 5.41) is 2.86. The van der Waals surface area contributed by atoms with Crippen LogP contribution in [-0.4, -0.2) is 29.8 Å². The van der Waals surface area contributed by atoms with Crippen LogP contribution < -0.4 is 5.32 Å². The highest BCUT2D eigenvalue weighted by Gasteiger charge is 2.19. The molecule has 0 spiro atoms. The molecule has 108 valence electrons. The SMILES string of the molecule is CC[C@@H](C)C(=O)Nc1ccc(C(=O)N2CCCC2)cc1. The molecule has 0 radical (unpaired) electrons. The quantitative estimate of drug-likeness (QED) is 0.917. The summed E-state index contributed by atoms with van der Waals surface area (Å²) < 4.78 is 0. The molecule has 1 aromatic rings. The fourth-order valence-electron chi connectivity index (χ4n) is 2.25. The first-order valence-electron chi connectivity index (χ1n) is 7.32. The second-order valence-electron chi connectivity index (χ2n) is 5.38. The Balaban J connectivity index is 1.99. The van der Waals surface area contributed by atoms with E-state index in [1.807, 2.05) is 18.7 Å². The predicted octanol–water partition coefficient (Wildman–Crippen LogP) is 2.91. The average Bonchev–Trinajstić information content (AvgIpc) is 3.00. The summed E-state index contributed by atoms with van der Waals surface area (Å²) in [5.41, 5.74) is 1.43. The highest BCUT2D eigenvalue weighted by molar-refractivity contribution is 5.96. The summed E-state index contributed by atoms with van der Waals surface area (Å²) in [7, 11) is 0. The summed E-state index contributed by atoms with van der Waals surface area (Å²) >= 11 is 0. The third-order valence-electron chi connectivity index (χ3n) is 3.85. The molecule has 1 heterocycles. The molecule has 0 aliphatic carbocycles. The van der Waals surface area contributed by atoms with Crippen LogP contribution in [0.2, 0.25) is 0 Å². The van der Waals surface area contributed by atoms with E-state index in [4.69, 9.17) is 0 Å². The van der Waals surface area contributed by atoms with E-state index < -0.39 is 0 Å². The van der Waals surface area contributed by atoms with E-state index >= 15 is 0 Å². The Labute approximate surface area is 120 Å².